The van der Waals surface area contributed by atoms with Gasteiger partial charge < -0.3 is 10.1 Å². The van der Waals surface area contributed by atoms with Gasteiger partial charge in [-0.05, 0) is 57.2 Å². The predicted octanol–water partition coefficient (Wildman–Crippen LogP) is 4.32. The maximum atomic E-state index is 5.55. The van der Waals surface area contributed by atoms with Crippen LogP contribution in [-0.4, -0.2) is 38.8 Å². The Kier molecular flexibility index (Phi) is 3.74. The molecular weight excluding hydrogens is 382 g/mol. The summed E-state index contributed by atoms with van der Waals surface area (Å²) >= 11 is 1.89. The van der Waals surface area contributed by atoms with E-state index >= 15 is 0 Å². The van der Waals surface area contributed by atoms with Crippen LogP contribution in [0, 0.1) is 6.92 Å². The Balaban J connectivity index is 1.39. The highest BCUT2D eigenvalue weighted by molar-refractivity contribution is 7.19. The third-order valence-corrected chi connectivity index (χ3v) is 7.54. The lowest BCUT2D eigenvalue weighted by Gasteiger charge is -2.29. The first kappa shape index (κ1) is 17.4. The average molecular weight is 406 g/mol. The number of aryl methyl sites for hydroxylation is 1. The van der Waals surface area contributed by atoms with Crippen LogP contribution in [0.4, 0.5) is 0 Å². The summed E-state index contributed by atoms with van der Waals surface area (Å²) in [7, 11) is 1.67. The Labute approximate surface area is 172 Å². The minimum Gasteiger partial charge on any atom is -0.493 e. The molecule has 0 bridgehead atoms. The van der Waals surface area contributed by atoms with Gasteiger partial charge in [-0.25, -0.2) is 9.50 Å². The van der Waals surface area contributed by atoms with Crippen molar-refractivity contribution in [2.45, 2.75) is 44.1 Å². The number of fused-ring (bicyclic) bond motifs is 2. The van der Waals surface area contributed by atoms with Crippen molar-refractivity contribution in [3.05, 3.63) is 41.2 Å². The highest BCUT2D eigenvalue weighted by Gasteiger charge is 2.46. The van der Waals surface area contributed by atoms with Gasteiger partial charge in [-0.15, -0.1) is 11.3 Å². The molecule has 1 atom stereocenters. The zero-order chi connectivity index (χ0) is 19.6. The van der Waals surface area contributed by atoms with Crippen LogP contribution in [0.2, 0.25) is 0 Å². The third kappa shape index (κ3) is 2.91. The number of nitrogens with one attached hydrogen (secondary N) is 1. The monoisotopic (exact) mass is 405 g/mol. The van der Waals surface area contributed by atoms with Crippen molar-refractivity contribution in [2.24, 2.45) is 0 Å². The third-order valence-electron chi connectivity index (χ3n) is 6.30. The largest absolute Gasteiger partial charge is 0.493 e. The lowest BCUT2D eigenvalue weighted by Crippen LogP contribution is -2.39. The Bertz CT molecular complexity index is 1240. The number of ether oxygens (including phenoxy) is 1. The van der Waals surface area contributed by atoms with Gasteiger partial charge in [0.05, 0.1) is 34.9 Å². The molecule has 0 amide bonds. The molecule has 1 N–H and O–H groups in total. The summed E-state index contributed by atoms with van der Waals surface area (Å²) in [5.74, 6) is 1.38. The standard InChI is InChI=1S/C22H23N5OS/c1-13-12-27-21(25-13)18(28-2)8-16(26-27)15-7-20-17(23-11-15)9-19(29-20)14-3-6-24-22(10-14)4-5-22/h7-9,11-12,14,24H,3-6,10H2,1-2H3. The Hall–Kier alpha value is -2.51. The summed E-state index contributed by atoms with van der Waals surface area (Å²) in [5, 5.41) is 8.46. The summed E-state index contributed by atoms with van der Waals surface area (Å²) in [6.45, 7) is 3.09. The van der Waals surface area contributed by atoms with Crippen molar-refractivity contribution in [3.8, 4) is 17.0 Å². The summed E-state index contributed by atoms with van der Waals surface area (Å²) in [5.41, 5.74) is 5.03. The van der Waals surface area contributed by atoms with Crippen LogP contribution < -0.4 is 10.1 Å². The molecule has 1 aliphatic carbocycles. The number of hydrogen-bond donors (Lipinski definition) is 1. The lowest BCUT2D eigenvalue weighted by atomic mass is 9.89. The van der Waals surface area contributed by atoms with E-state index in [0.717, 1.165) is 40.4 Å². The van der Waals surface area contributed by atoms with Crippen LogP contribution in [0.25, 0.3) is 27.1 Å². The minimum atomic E-state index is 0.441. The van der Waals surface area contributed by atoms with Crippen LogP contribution in [-0.2, 0) is 0 Å². The highest BCUT2D eigenvalue weighted by Crippen LogP contribution is 2.48. The molecule has 4 aromatic heterocycles. The second-order valence-electron chi connectivity index (χ2n) is 8.40. The molecule has 1 aliphatic heterocycles. The average Bonchev–Trinajstić information content (AvgIpc) is 3.16. The summed E-state index contributed by atoms with van der Waals surface area (Å²) in [6, 6.07) is 6.46. The molecule has 1 saturated heterocycles. The van der Waals surface area contributed by atoms with Crippen molar-refractivity contribution in [3.63, 3.8) is 0 Å². The number of aromatic nitrogens is 4. The van der Waals surface area contributed by atoms with Crippen LogP contribution in [0.1, 0.15) is 42.2 Å². The van der Waals surface area contributed by atoms with Crippen molar-refractivity contribution in [2.75, 3.05) is 13.7 Å². The van der Waals surface area contributed by atoms with Crippen molar-refractivity contribution in [1.82, 2.24) is 24.9 Å². The molecule has 5 heterocycles. The molecule has 6 nitrogen and oxygen atoms in total. The molecule has 2 aliphatic rings. The Morgan fingerprint density at radius 3 is 3.00 bits per heavy atom. The van der Waals surface area contributed by atoms with E-state index < -0.39 is 0 Å². The quantitative estimate of drug-likeness (QED) is 0.550. The van der Waals surface area contributed by atoms with Crippen molar-refractivity contribution in [1.29, 1.82) is 0 Å². The molecule has 6 rings (SSSR count). The molecule has 7 heteroatoms. The first-order valence-corrected chi connectivity index (χ1v) is 11.0. The first-order valence-electron chi connectivity index (χ1n) is 10.2. The highest BCUT2D eigenvalue weighted by atomic mass is 32.1. The van der Waals surface area contributed by atoms with Gasteiger partial charge in [0.2, 0.25) is 0 Å². The van der Waals surface area contributed by atoms with Gasteiger partial charge in [0.1, 0.15) is 0 Å². The maximum Gasteiger partial charge on any atom is 0.196 e. The maximum absolute atomic E-state index is 5.55. The van der Waals surface area contributed by atoms with E-state index in [2.05, 4.69) is 22.4 Å². The number of thiophene rings is 1. The fourth-order valence-electron chi connectivity index (χ4n) is 4.56. The lowest BCUT2D eigenvalue weighted by molar-refractivity contribution is 0.349. The molecule has 1 spiro atoms. The fourth-order valence-corrected chi connectivity index (χ4v) is 5.76. The number of nitrogens with zero attached hydrogens (tertiary/aromatic N) is 4. The van der Waals surface area contributed by atoms with Crippen LogP contribution in [0.5, 0.6) is 5.75 Å². The molecule has 0 aromatic carbocycles. The van der Waals surface area contributed by atoms with Crippen molar-refractivity contribution >= 4 is 27.2 Å². The SMILES string of the molecule is COc1cc(-c2cnc3cc(C4CCNC5(CC5)C4)sc3c2)nn2cc(C)nc12. The molecule has 1 unspecified atom stereocenters. The van der Waals surface area contributed by atoms with E-state index in [9.17, 15) is 0 Å². The van der Waals surface area contributed by atoms with Gasteiger partial charge in [0.15, 0.2) is 11.4 Å². The van der Waals surface area contributed by atoms with Crippen LogP contribution in [0.15, 0.2) is 30.6 Å². The number of rotatable bonds is 3. The number of hydrogen-bond acceptors (Lipinski definition) is 6. The van der Waals surface area contributed by atoms with Gasteiger partial charge in [0.25, 0.3) is 0 Å². The second-order valence-corrected chi connectivity index (χ2v) is 9.52. The summed E-state index contributed by atoms with van der Waals surface area (Å²) < 4.78 is 8.57. The van der Waals surface area contributed by atoms with Gasteiger partial charge in [-0.2, -0.15) is 5.10 Å². The summed E-state index contributed by atoms with van der Waals surface area (Å²) in [4.78, 5) is 10.7. The molecule has 0 radical (unpaired) electrons. The molecular formula is C22H23N5OS. The normalized spacial score (nSPS) is 20.6. The van der Waals surface area contributed by atoms with Gasteiger partial charge in [-0.3, -0.25) is 4.98 Å². The van der Waals surface area contributed by atoms with E-state index in [1.165, 1.54) is 35.3 Å². The topological polar surface area (TPSA) is 64.3 Å². The molecule has 2 fully saturated rings. The molecule has 29 heavy (non-hydrogen) atoms. The van der Waals surface area contributed by atoms with E-state index in [0.29, 0.717) is 11.5 Å². The van der Waals surface area contributed by atoms with E-state index in [4.69, 9.17) is 14.8 Å². The van der Waals surface area contributed by atoms with E-state index in [1.54, 1.807) is 11.6 Å². The minimum absolute atomic E-state index is 0.441. The predicted molar refractivity (Wildman–Crippen MR) is 115 cm³/mol. The first-order chi connectivity index (χ1) is 14.1. The zero-order valence-corrected chi connectivity index (χ0v) is 17.4. The second kappa shape index (κ2) is 6.24. The van der Waals surface area contributed by atoms with Crippen LogP contribution >= 0.6 is 11.3 Å². The van der Waals surface area contributed by atoms with E-state index in [-0.39, 0.29) is 0 Å². The molecule has 148 valence electrons. The fraction of sp³-hybridized carbons (Fsp3) is 0.409. The number of imidazole rings is 1. The van der Waals surface area contributed by atoms with Crippen LogP contribution in [0.3, 0.4) is 0 Å². The van der Waals surface area contributed by atoms with Gasteiger partial charge >= 0.3 is 0 Å². The van der Waals surface area contributed by atoms with E-state index in [1.807, 2.05) is 36.7 Å². The molecule has 1 saturated carbocycles. The van der Waals surface area contributed by atoms with Crippen molar-refractivity contribution < 1.29 is 4.74 Å². The smallest absolute Gasteiger partial charge is 0.196 e. The Morgan fingerprint density at radius 1 is 1.28 bits per heavy atom. The number of piperidine rings is 1. The van der Waals surface area contributed by atoms with Gasteiger partial charge in [-0.1, -0.05) is 0 Å². The number of methoxy groups -OCH3 is 1. The number of pyridine rings is 1. The Morgan fingerprint density at radius 2 is 2.17 bits per heavy atom. The summed E-state index contributed by atoms with van der Waals surface area (Å²) in [6.07, 6.45) is 8.99. The van der Waals surface area contributed by atoms with Gasteiger partial charge in [0, 0.05) is 28.2 Å². The zero-order valence-electron chi connectivity index (χ0n) is 16.6. The molecule has 4 aromatic rings.